The number of sulfonamides is 1. The highest BCUT2D eigenvalue weighted by molar-refractivity contribution is 7.89. The summed E-state index contributed by atoms with van der Waals surface area (Å²) >= 11 is 5.87. The van der Waals surface area contributed by atoms with Crippen molar-refractivity contribution in [2.24, 2.45) is 5.41 Å². The molecular weight excluding hydrogens is 286 g/mol. The first kappa shape index (κ1) is 16.3. The summed E-state index contributed by atoms with van der Waals surface area (Å²) in [6.45, 7) is 8.40. The van der Waals surface area contributed by atoms with E-state index in [1.165, 1.54) is 6.07 Å². The van der Waals surface area contributed by atoms with Gasteiger partial charge in [0, 0.05) is 11.6 Å². The molecule has 1 aromatic carbocycles. The van der Waals surface area contributed by atoms with Crippen LogP contribution in [0.5, 0.6) is 5.75 Å². The van der Waals surface area contributed by atoms with Crippen LogP contribution in [-0.4, -0.2) is 21.6 Å². The summed E-state index contributed by atoms with van der Waals surface area (Å²) < 4.78 is 32.5. The Morgan fingerprint density at radius 3 is 2.47 bits per heavy atom. The van der Waals surface area contributed by atoms with Crippen LogP contribution in [0.4, 0.5) is 0 Å². The van der Waals surface area contributed by atoms with Crippen LogP contribution in [0.15, 0.2) is 23.1 Å². The average molecular weight is 306 g/mol. The van der Waals surface area contributed by atoms with E-state index in [9.17, 15) is 8.42 Å². The number of nitrogens with one attached hydrogen (secondary N) is 1. The molecule has 0 heterocycles. The molecule has 0 saturated carbocycles. The average Bonchev–Trinajstić information content (AvgIpc) is 2.28. The maximum atomic E-state index is 12.3. The highest BCUT2D eigenvalue weighted by Gasteiger charge is 2.22. The van der Waals surface area contributed by atoms with E-state index in [-0.39, 0.29) is 10.3 Å². The molecule has 4 nitrogen and oxygen atoms in total. The molecule has 0 aromatic heterocycles. The van der Waals surface area contributed by atoms with Crippen LogP contribution in [0.25, 0.3) is 0 Å². The Bertz CT molecular complexity index is 535. The number of benzene rings is 1. The van der Waals surface area contributed by atoms with E-state index in [1.807, 2.05) is 20.8 Å². The summed E-state index contributed by atoms with van der Waals surface area (Å²) in [4.78, 5) is 0.0751. The Balaban J connectivity index is 3.09. The minimum Gasteiger partial charge on any atom is -0.492 e. The summed E-state index contributed by atoms with van der Waals surface area (Å²) in [6, 6.07) is 4.57. The molecule has 0 aliphatic carbocycles. The summed E-state index contributed by atoms with van der Waals surface area (Å²) in [7, 11) is -3.63. The number of hydrogen-bond acceptors (Lipinski definition) is 3. The number of hydrogen-bond donors (Lipinski definition) is 1. The van der Waals surface area contributed by atoms with Crippen molar-refractivity contribution in [3.05, 3.63) is 23.2 Å². The molecule has 0 unspecified atom stereocenters. The molecule has 1 N–H and O–H groups in total. The molecule has 0 fully saturated rings. The first-order chi connectivity index (χ1) is 8.65. The number of rotatable bonds is 5. The summed E-state index contributed by atoms with van der Waals surface area (Å²) in [5.74, 6) is 0.313. The lowest BCUT2D eigenvalue weighted by atomic mass is 9.98. The van der Waals surface area contributed by atoms with Crippen LogP contribution in [0.3, 0.4) is 0 Å². The summed E-state index contributed by atoms with van der Waals surface area (Å²) in [5, 5.41) is 0.361. The third-order valence-electron chi connectivity index (χ3n) is 2.29. The van der Waals surface area contributed by atoms with E-state index < -0.39 is 10.0 Å². The smallest absolute Gasteiger partial charge is 0.244 e. The highest BCUT2D eigenvalue weighted by Crippen LogP contribution is 2.27. The van der Waals surface area contributed by atoms with Gasteiger partial charge in [-0.25, -0.2) is 13.1 Å². The Hall–Kier alpha value is -0.780. The van der Waals surface area contributed by atoms with E-state index in [0.29, 0.717) is 23.9 Å². The van der Waals surface area contributed by atoms with Gasteiger partial charge in [0.1, 0.15) is 10.6 Å². The molecule has 0 bridgehead atoms. The van der Waals surface area contributed by atoms with Gasteiger partial charge >= 0.3 is 0 Å². The maximum Gasteiger partial charge on any atom is 0.244 e. The van der Waals surface area contributed by atoms with Gasteiger partial charge in [-0.2, -0.15) is 0 Å². The first-order valence-electron chi connectivity index (χ1n) is 6.08. The van der Waals surface area contributed by atoms with Gasteiger partial charge in [-0.15, -0.1) is 0 Å². The van der Waals surface area contributed by atoms with Gasteiger partial charge in [0.2, 0.25) is 10.0 Å². The topological polar surface area (TPSA) is 55.4 Å². The van der Waals surface area contributed by atoms with Crippen LogP contribution in [0.2, 0.25) is 5.02 Å². The van der Waals surface area contributed by atoms with Crippen LogP contribution < -0.4 is 9.46 Å². The van der Waals surface area contributed by atoms with E-state index in [0.717, 1.165) is 0 Å². The van der Waals surface area contributed by atoms with E-state index in [2.05, 4.69) is 4.72 Å². The van der Waals surface area contributed by atoms with Crippen molar-refractivity contribution in [2.45, 2.75) is 32.6 Å². The quantitative estimate of drug-likeness (QED) is 0.909. The molecule has 0 spiro atoms. The minimum absolute atomic E-state index is 0.0751. The summed E-state index contributed by atoms with van der Waals surface area (Å²) in [5.41, 5.74) is -0.141. The fraction of sp³-hybridized carbons (Fsp3) is 0.538. The Morgan fingerprint density at radius 1 is 1.32 bits per heavy atom. The van der Waals surface area contributed by atoms with Gasteiger partial charge in [0.05, 0.1) is 6.61 Å². The molecule has 0 aliphatic rings. The fourth-order valence-corrected chi connectivity index (χ4v) is 3.05. The van der Waals surface area contributed by atoms with Crippen molar-refractivity contribution in [1.29, 1.82) is 0 Å². The Morgan fingerprint density at radius 2 is 1.95 bits per heavy atom. The largest absolute Gasteiger partial charge is 0.492 e. The molecule has 0 aliphatic heterocycles. The van der Waals surface area contributed by atoms with E-state index in [4.69, 9.17) is 16.3 Å². The SMILES string of the molecule is CCOc1ccc(Cl)cc1S(=O)(=O)NCC(C)(C)C. The molecule has 0 radical (unpaired) electrons. The molecule has 19 heavy (non-hydrogen) atoms. The second-order valence-electron chi connectivity index (χ2n) is 5.41. The van der Waals surface area contributed by atoms with Gasteiger partial charge in [-0.1, -0.05) is 32.4 Å². The Labute approximate surface area is 120 Å². The monoisotopic (exact) mass is 305 g/mol. The van der Waals surface area contributed by atoms with Crippen molar-refractivity contribution < 1.29 is 13.2 Å². The van der Waals surface area contributed by atoms with Gasteiger partial charge in [0.15, 0.2) is 0 Å². The van der Waals surface area contributed by atoms with Crippen molar-refractivity contribution in [2.75, 3.05) is 13.2 Å². The first-order valence-corrected chi connectivity index (χ1v) is 7.94. The van der Waals surface area contributed by atoms with E-state index in [1.54, 1.807) is 19.1 Å². The zero-order chi connectivity index (χ0) is 14.7. The minimum atomic E-state index is -3.63. The lowest BCUT2D eigenvalue weighted by molar-refractivity contribution is 0.330. The normalized spacial score (nSPS) is 12.5. The molecule has 0 amide bonds. The summed E-state index contributed by atoms with van der Waals surface area (Å²) in [6.07, 6.45) is 0. The van der Waals surface area contributed by atoms with Crippen molar-refractivity contribution in [3.63, 3.8) is 0 Å². The second kappa shape index (κ2) is 6.11. The molecule has 1 rings (SSSR count). The zero-order valence-corrected chi connectivity index (χ0v) is 13.2. The van der Waals surface area contributed by atoms with Gasteiger partial charge in [0.25, 0.3) is 0 Å². The maximum absolute atomic E-state index is 12.3. The van der Waals surface area contributed by atoms with Gasteiger partial charge < -0.3 is 4.74 Å². The van der Waals surface area contributed by atoms with Gasteiger partial charge in [-0.3, -0.25) is 0 Å². The van der Waals surface area contributed by atoms with Crippen LogP contribution in [-0.2, 0) is 10.0 Å². The molecular formula is C13H20ClNO3S. The van der Waals surface area contributed by atoms with Crippen molar-refractivity contribution in [3.8, 4) is 5.75 Å². The van der Waals surface area contributed by atoms with Crippen LogP contribution in [0.1, 0.15) is 27.7 Å². The third-order valence-corrected chi connectivity index (χ3v) is 3.95. The van der Waals surface area contributed by atoms with Crippen molar-refractivity contribution in [1.82, 2.24) is 4.72 Å². The predicted molar refractivity (Wildman–Crippen MR) is 77.3 cm³/mol. The molecule has 0 atom stereocenters. The predicted octanol–water partition coefficient (Wildman–Crippen LogP) is 3.06. The van der Waals surface area contributed by atoms with E-state index >= 15 is 0 Å². The highest BCUT2D eigenvalue weighted by atomic mass is 35.5. The lowest BCUT2D eigenvalue weighted by Gasteiger charge is -2.19. The van der Waals surface area contributed by atoms with Crippen LogP contribution in [0, 0.1) is 5.41 Å². The third kappa shape index (κ3) is 5.01. The molecule has 1 aromatic rings. The standard InChI is InChI=1S/C13H20ClNO3S/c1-5-18-11-7-6-10(14)8-12(11)19(16,17)15-9-13(2,3)4/h6-8,15H,5,9H2,1-4H3. The number of halogens is 1. The van der Waals surface area contributed by atoms with Gasteiger partial charge in [-0.05, 0) is 30.5 Å². The molecule has 0 saturated heterocycles. The fourth-order valence-electron chi connectivity index (χ4n) is 1.36. The number of ether oxygens (including phenoxy) is 1. The molecule has 6 heteroatoms. The van der Waals surface area contributed by atoms with Crippen LogP contribution >= 0.6 is 11.6 Å². The lowest BCUT2D eigenvalue weighted by Crippen LogP contribution is -2.32. The second-order valence-corrected chi connectivity index (χ2v) is 7.58. The molecule has 108 valence electrons. The zero-order valence-electron chi connectivity index (χ0n) is 11.7. The Kier molecular flexibility index (Phi) is 5.24. The van der Waals surface area contributed by atoms with Crippen molar-refractivity contribution >= 4 is 21.6 Å².